The number of sulfone groups is 1. The van der Waals surface area contributed by atoms with Gasteiger partial charge in [0.05, 0.1) is 11.8 Å². The Balaban J connectivity index is 2.60. The molecule has 1 rings (SSSR count). The van der Waals surface area contributed by atoms with Crippen LogP contribution in [0.2, 0.25) is 0 Å². The molecule has 0 bridgehead atoms. The van der Waals surface area contributed by atoms with Crippen LogP contribution in [0.25, 0.3) is 0 Å². The molecule has 0 aliphatic heterocycles. The molecule has 0 saturated carbocycles. The zero-order valence-electron chi connectivity index (χ0n) is 7.65. The Labute approximate surface area is 80.6 Å². The number of hydrogen-bond donors (Lipinski definition) is 3. The Bertz CT molecular complexity index is 446. The van der Waals surface area contributed by atoms with Crippen molar-refractivity contribution in [2.75, 3.05) is 12.0 Å². The van der Waals surface area contributed by atoms with Gasteiger partial charge in [-0.15, -0.1) is 0 Å². The maximum Gasteiger partial charge on any atom is 0.340 e. The molecule has 0 aliphatic rings. The lowest BCUT2D eigenvalue weighted by molar-refractivity contribution is 0.587. The van der Waals surface area contributed by atoms with Gasteiger partial charge in [-0.2, -0.15) is 5.10 Å². The molecule has 8 heteroatoms. The zero-order chi connectivity index (χ0) is 10.8. The maximum atomic E-state index is 10.8. The third-order valence-corrected chi connectivity index (χ3v) is 2.65. The number of aromatic amines is 2. The summed E-state index contributed by atoms with van der Waals surface area (Å²) in [6, 6.07) is -0.566. The van der Waals surface area contributed by atoms with E-state index >= 15 is 0 Å². The van der Waals surface area contributed by atoms with Crippen molar-refractivity contribution in [3.05, 3.63) is 16.3 Å². The summed E-state index contributed by atoms with van der Waals surface area (Å²) < 4.78 is 21.6. The molecule has 1 unspecified atom stereocenters. The summed E-state index contributed by atoms with van der Waals surface area (Å²) in [5, 5.41) is 5.76. The summed E-state index contributed by atoms with van der Waals surface area (Å²) in [5.74, 6) is 0.252. The quantitative estimate of drug-likeness (QED) is 0.572. The number of H-pyrrole nitrogens is 2. The first-order chi connectivity index (χ1) is 6.38. The highest BCUT2D eigenvalue weighted by molar-refractivity contribution is 7.90. The van der Waals surface area contributed by atoms with Crippen LogP contribution >= 0.6 is 0 Å². The Morgan fingerprint density at radius 1 is 1.57 bits per heavy atom. The van der Waals surface area contributed by atoms with Crippen molar-refractivity contribution in [3.8, 4) is 0 Å². The van der Waals surface area contributed by atoms with Crippen LogP contribution in [0.3, 0.4) is 0 Å². The Morgan fingerprint density at radius 2 is 2.21 bits per heavy atom. The maximum absolute atomic E-state index is 10.8. The van der Waals surface area contributed by atoms with E-state index in [9.17, 15) is 13.2 Å². The minimum atomic E-state index is -3.03. The van der Waals surface area contributed by atoms with E-state index in [2.05, 4.69) is 15.2 Å². The molecule has 14 heavy (non-hydrogen) atoms. The van der Waals surface area contributed by atoms with E-state index in [4.69, 9.17) is 5.73 Å². The summed E-state index contributed by atoms with van der Waals surface area (Å²) in [5.41, 5.74) is 5.15. The predicted molar refractivity (Wildman–Crippen MR) is 50.5 cm³/mol. The van der Waals surface area contributed by atoms with Gasteiger partial charge in [-0.3, -0.25) is 4.98 Å². The van der Waals surface area contributed by atoms with Gasteiger partial charge in [-0.05, 0) is 6.42 Å². The van der Waals surface area contributed by atoms with Gasteiger partial charge in [-0.25, -0.2) is 18.3 Å². The molecule has 0 aromatic carbocycles. The second kappa shape index (κ2) is 3.93. The average molecular weight is 220 g/mol. The van der Waals surface area contributed by atoms with Gasteiger partial charge in [0.2, 0.25) is 0 Å². The molecule has 1 heterocycles. The van der Waals surface area contributed by atoms with Gasteiger partial charge in [0.15, 0.2) is 0 Å². The fourth-order valence-electron chi connectivity index (χ4n) is 0.937. The molecule has 0 saturated heterocycles. The first-order valence-electron chi connectivity index (χ1n) is 3.96. The highest BCUT2D eigenvalue weighted by atomic mass is 32.2. The normalized spacial score (nSPS) is 14.1. The molecule has 0 fully saturated rings. The molecule has 0 spiro atoms. The molecule has 7 nitrogen and oxygen atoms in total. The standard InChI is InChI=1S/C6H12N4O3S/c1-14(12,13)3-2-4(7)5-8-6(11)10-9-5/h4H,2-3,7H2,1H3,(H2,8,9,10,11). The second-order valence-electron chi connectivity index (χ2n) is 3.09. The number of nitrogens with one attached hydrogen (secondary N) is 2. The van der Waals surface area contributed by atoms with E-state index in [-0.39, 0.29) is 18.0 Å². The molecule has 1 aromatic rings. The van der Waals surface area contributed by atoms with E-state index in [0.29, 0.717) is 0 Å². The fourth-order valence-corrected chi connectivity index (χ4v) is 1.62. The minimum absolute atomic E-state index is 0.0247. The van der Waals surface area contributed by atoms with Crippen molar-refractivity contribution < 1.29 is 8.42 Å². The van der Waals surface area contributed by atoms with Crippen molar-refractivity contribution >= 4 is 9.84 Å². The van der Waals surface area contributed by atoms with E-state index in [1.54, 1.807) is 0 Å². The molecule has 4 N–H and O–H groups in total. The van der Waals surface area contributed by atoms with Gasteiger partial charge in [0.25, 0.3) is 0 Å². The van der Waals surface area contributed by atoms with Crippen molar-refractivity contribution in [2.24, 2.45) is 5.73 Å². The van der Waals surface area contributed by atoms with Gasteiger partial charge >= 0.3 is 5.69 Å². The van der Waals surface area contributed by atoms with Crippen molar-refractivity contribution in [2.45, 2.75) is 12.5 Å². The second-order valence-corrected chi connectivity index (χ2v) is 5.35. The highest BCUT2D eigenvalue weighted by Gasteiger charge is 2.12. The van der Waals surface area contributed by atoms with Crippen LogP contribution in [0.1, 0.15) is 18.3 Å². The zero-order valence-corrected chi connectivity index (χ0v) is 8.47. The number of aromatic nitrogens is 3. The van der Waals surface area contributed by atoms with E-state index in [1.807, 2.05) is 0 Å². The lowest BCUT2D eigenvalue weighted by Crippen LogP contribution is -2.17. The molecular weight excluding hydrogens is 208 g/mol. The SMILES string of the molecule is CS(=O)(=O)CCC(N)c1n[nH]c(=O)[nH]1. The van der Waals surface area contributed by atoms with Crippen molar-refractivity contribution in [1.29, 1.82) is 0 Å². The van der Waals surface area contributed by atoms with Crippen LogP contribution in [-0.2, 0) is 9.84 Å². The van der Waals surface area contributed by atoms with Crippen LogP contribution in [0.15, 0.2) is 4.79 Å². The number of hydrogen-bond acceptors (Lipinski definition) is 5. The highest BCUT2D eigenvalue weighted by Crippen LogP contribution is 2.07. The van der Waals surface area contributed by atoms with Gasteiger partial charge < -0.3 is 5.73 Å². The molecule has 0 aliphatic carbocycles. The average Bonchev–Trinajstić information content (AvgIpc) is 2.46. The Morgan fingerprint density at radius 3 is 2.64 bits per heavy atom. The number of rotatable bonds is 4. The van der Waals surface area contributed by atoms with Gasteiger partial charge in [0.1, 0.15) is 15.7 Å². The van der Waals surface area contributed by atoms with Crippen molar-refractivity contribution in [3.63, 3.8) is 0 Å². The third-order valence-electron chi connectivity index (χ3n) is 1.67. The molecule has 80 valence electrons. The molecule has 1 aromatic heterocycles. The van der Waals surface area contributed by atoms with Crippen LogP contribution in [-0.4, -0.2) is 35.6 Å². The summed E-state index contributed by atoms with van der Waals surface area (Å²) in [6.45, 7) is 0. The van der Waals surface area contributed by atoms with Crippen LogP contribution < -0.4 is 11.4 Å². The lowest BCUT2D eigenvalue weighted by atomic mass is 10.2. The predicted octanol–water partition coefficient (Wildman–Crippen LogP) is -1.47. The third kappa shape index (κ3) is 3.30. The van der Waals surface area contributed by atoms with Crippen molar-refractivity contribution in [1.82, 2.24) is 15.2 Å². The van der Waals surface area contributed by atoms with Gasteiger partial charge in [0, 0.05) is 6.26 Å². The molecule has 1 atom stereocenters. The Hall–Kier alpha value is -1.15. The first-order valence-corrected chi connectivity index (χ1v) is 6.02. The monoisotopic (exact) mass is 220 g/mol. The van der Waals surface area contributed by atoms with Gasteiger partial charge in [-0.1, -0.05) is 0 Å². The fraction of sp³-hybridized carbons (Fsp3) is 0.667. The molecular formula is C6H12N4O3S. The number of nitrogens with zero attached hydrogens (tertiary/aromatic N) is 1. The Kier molecular flexibility index (Phi) is 3.06. The number of nitrogens with two attached hydrogens (primary N) is 1. The molecule has 0 radical (unpaired) electrons. The summed E-state index contributed by atoms with van der Waals surface area (Å²) in [4.78, 5) is 13.0. The largest absolute Gasteiger partial charge is 0.340 e. The first kappa shape index (κ1) is 10.9. The van der Waals surface area contributed by atoms with E-state index in [0.717, 1.165) is 6.26 Å². The summed E-state index contributed by atoms with van der Waals surface area (Å²) >= 11 is 0. The summed E-state index contributed by atoms with van der Waals surface area (Å²) in [6.07, 6.45) is 1.37. The minimum Gasteiger partial charge on any atom is -0.321 e. The lowest BCUT2D eigenvalue weighted by Gasteiger charge is -2.05. The summed E-state index contributed by atoms with van der Waals surface area (Å²) in [7, 11) is -3.03. The smallest absolute Gasteiger partial charge is 0.321 e. The van der Waals surface area contributed by atoms with Crippen LogP contribution in [0.5, 0.6) is 0 Å². The topological polar surface area (TPSA) is 122 Å². The van der Waals surface area contributed by atoms with E-state index in [1.165, 1.54) is 0 Å². The van der Waals surface area contributed by atoms with Crippen LogP contribution in [0, 0.1) is 0 Å². The molecule has 0 amide bonds. The van der Waals surface area contributed by atoms with E-state index < -0.39 is 21.6 Å². The van der Waals surface area contributed by atoms with Crippen LogP contribution in [0.4, 0.5) is 0 Å².